The van der Waals surface area contributed by atoms with Gasteiger partial charge in [0.1, 0.15) is 5.01 Å². The summed E-state index contributed by atoms with van der Waals surface area (Å²) >= 11 is 2.71. The number of aromatic nitrogens is 3. The van der Waals surface area contributed by atoms with Crippen LogP contribution in [0.4, 0.5) is 4.39 Å². The van der Waals surface area contributed by atoms with E-state index in [1.54, 1.807) is 42.3 Å². The third-order valence-corrected chi connectivity index (χ3v) is 6.19. The van der Waals surface area contributed by atoms with Crippen LogP contribution in [0.2, 0.25) is 0 Å². The minimum atomic E-state index is -0.629. The van der Waals surface area contributed by atoms with E-state index >= 15 is 0 Å². The molecule has 0 spiro atoms. The minimum absolute atomic E-state index is 0.0836. The molecular formula is C21H19FN4O3S2. The molecule has 160 valence electrons. The lowest BCUT2D eigenvalue weighted by molar-refractivity contribution is -0.127. The van der Waals surface area contributed by atoms with Crippen LogP contribution in [0.25, 0.3) is 10.2 Å². The van der Waals surface area contributed by atoms with Crippen molar-refractivity contribution in [2.24, 2.45) is 0 Å². The lowest BCUT2D eigenvalue weighted by Crippen LogP contribution is -2.27. The number of thioether (sulfide) groups is 1. The Morgan fingerprint density at radius 2 is 2.00 bits per heavy atom. The quantitative estimate of drug-likeness (QED) is 0.354. The van der Waals surface area contributed by atoms with E-state index < -0.39 is 11.9 Å². The van der Waals surface area contributed by atoms with E-state index in [2.05, 4.69) is 15.2 Å². The molecule has 0 aliphatic carbocycles. The van der Waals surface area contributed by atoms with Gasteiger partial charge in [0.05, 0.1) is 22.5 Å². The van der Waals surface area contributed by atoms with E-state index in [4.69, 9.17) is 9.15 Å². The van der Waals surface area contributed by atoms with Crippen LogP contribution in [0.15, 0.2) is 58.2 Å². The summed E-state index contributed by atoms with van der Waals surface area (Å²) in [6.45, 7) is 2.12. The molecule has 1 atom stereocenters. The predicted octanol–water partition coefficient (Wildman–Crippen LogP) is 4.71. The van der Waals surface area contributed by atoms with Gasteiger partial charge in [0.15, 0.2) is 17.7 Å². The molecule has 31 heavy (non-hydrogen) atoms. The molecule has 0 aliphatic heterocycles. The van der Waals surface area contributed by atoms with Crippen LogP contribution in [-0.2, 0) is 11.3 Å². The van der Waals surface area contributed by atoms with Crippen molar-refractivity contribution in [3.8, 4) is 5.75 Å². The van der Waals surface area contributed by atoms with Gasteiger partial charge < -0.3 is 14.1 Å². The van der Waals surface area contributed by atoms with E-state index in [1.807, 2.05) is 24.3 Å². The van der Waals surface area contributed by atoms with Crippen molar-refractivity contribution in [2.75, 3.05) is 12.8 Å². The van der Waals surface area contributed by atoms with Gasteiger partial charge in [0.25, 0.3) is 11.1 Å². The number of fused-ring (bicyclic) bond motifs is 1. The first-order chi connectivity index (χ1) is 15.0. The molecule has 0 radical (unpaired) electrons. The van der Waals surface area contributed by atoms with Gasteiger partial charge in [-0.1, -0.05) is 36.0 Å². The van der Waals surface area contributed by atoms with Crippen LogP contribution in [-0.4, -0.2) is 38.8 Å². The van der Waals surface area contributed by atoms with E-state index in [-0.39, 0.29) is 28.5 Å². The monoisotopic (exact) mass is 458 g/mol. The van der Waals surface area contributed by atoms with Gasteiger partial charge in [-0.05, 0) is 31.2 Å². The summed E-state index contributed by atoms with van der Waals surface area (Å²) < 4.78 is 25.9. The predicted molar refractivity (Wildman–Crippen MR) is 117 cm³/mol. The average Bonchev–Trinajstić information content (AvgIpc) is 3.40. The zero-order valence-electron chi connectivity index (χ0n) is 16.8. The average molecular weight is 459 g/mol. The molecule has 0 bridgehead atoms. The lowest BCUT2D eigenvalue weighted by atomic mass is 10.3. The maximum absolute atomic E-state index is 13.7. The Hall–Kier alpha value is -2.98. The maximum Gasteiger partial charge on any atom is 0.277 e. The Morgan fingerprint density at radius 1 is 1.23 bits per heavy atom. The SMILES string of the molecule is C[C@H](Oc1ccccc1F)c1nnc(SCC(=O)N(C)Cc2nc3ccccc3s2)o1. The number of nitrogens with zero attached hydrogens (tertiary/aromatic N) is 4. The number of amides is 1. The molecule has 0 unspecified atom stereocenters. The smallest absolute Gasteiger partial charge is 0.277 e. The fourth-order valence-corrected chi connectivity index (χ4v) is 4.47. The van der Waals surface area contributed by atoms with Crippen LogP contribution in [0.3, 0.4) is 0 Å². The summed E-state index contributed by atoms with van der Waals surface area (Å²) in [6, 6.07) is 14.0. The minimum Gasteiger partial charge on any atom is -0.478 e. The first-order valence-electron chi connectivity index (χ1n) is 9.45. The van der Waals surface area contributed by atoms with Crippen LogP contribution in [0.1, 0.15) is 23.9 Å². The molecule has 2 heterocycles. The molecule has 4 rings (SSSR count). The van der Waals surface area contributed by atoms with Gasteiger partial charge in [-0.3, -0.25) is 4.79 Å². The molecule has 2 aromatic heterocycles. The van der Waals surface area contributed by atoms with Crippen molar-refractivity contribution in [1.82, 2.24) is 20.1 Å². The fourth-order valence-electron chi connectivity index (χ4n) is 2.74. The summed E-state index contributed by atoms with van der Waals surface area (Å²) in [4.78, 5) is 18.7. The van der Waals surface area contributed by atoms with Crippen molar-refractivity contribution in [2.45, 2.75) is 24.8 Å². The van der Waals surface area contributed by atoms with E-state index in [1.165, 1.54) is 12.1 Å². The molecule has 2 aromatic carbocycles. The largest absolute Gasteiger partial charge is 0.478 e. The molecule has 0 aliphatic rings. The molecule has 1 amide bonds. The maximum atomic E-state index is 13.7. The topological polar surface area (TPSA) is 81.4 Å². The Morgan fingerprint density at radius 3 is 2.81 bits per heavy atom. The number of benzene rings is 2. The summed E-state index contributed by atoms with van der Waals surface area (Å²) in [5.41, 5.74) is 0.933. The van der Waals surface area contributed by atoms with Gasteiger partial charge in [0.2, 0.25) is 5.91 Å². The Bertz CT molecular complexity index is 1160. The Labute approximate surface area is 186 Å². The first-order valence-corrected chi connectivity index (χ1v) is 11.3. The van der Waals surface area contributed by atoms with Crippen molar-refractivity contribution >= 4 is 39.2 Å². The third kappa shape index (κ3) is 5.20. The van der Waals surface area contributed by atoms with Gasteiger partial charge in [-0.15, -0.1) is 21.5 Å². The Balaban J connectivity index is 1.30. The van der Waals surface area contributed by atoms with Gasteiger partial charge >= 0.3 is 0 Å². The number of halogens is 1. The highest BCUT2D eigenvalue weighted by atomic mass is 32.2. The second-order valence-corrected chi connectivity index (χ2v) is 8.75. The zero-order chi connectivity index (χ0) is 21.8. The molecule has 0 saturated heterocycles. The van der Waals surface area contributed by atoms with Crippen molar-refractivity contribution in [1.29, 1.82) is 0 Å². The van der Waals surface area contributed by atoms with Crippen molar-refractivity contribution in [3.05, 3.63) is 65.2 Å². The lowest BCUT2D eigenvalue weighted by Gasteiger charge is -2.14. The molecule has 4 aromatic rings. The van der Waals surface area contributed by atoms with E-state index in [0.29, 0.717) is 6.54 Å². The molecule has 0 fully saturated rings. The van der Waals surface area contributed by atoms with Crippen LogP contribution in [0.5, 0.6) is 5.75 Å². The van der Waals surface area contributed by atoms with Crippen LogP contribution in [0, 0.1) is 5.82 Å². The van der Waals surface area contributed by atoms with Gasteiger partial charge in [0, 0.05) is 7.05 Å². The van der Waals surface area contributed by atoms with E-state index in [0.717, 1.165) is 27.0 Å². The highest BCUT2D eigenvalue weighted by molar-refractivity contribution is 7.99. The normalized spacial score (nSPS) is 12.1. The molecular weight excluding hydrogens is 439 g/mol. The zero-order valence-corrected chi connectivity index (χ0v) is 18.5. The number of thiazole rings is 1. The summed E-state index contributed by atoms with van der Waals surface area (Å²) in [5, 5.41) is 9.00. The summed E-state index contributed by atoms with van der Waals surface area (Å²) in [7, 11) is 1.73. The second kappa shape index (κ2) is 9.44. The number of carbonyl (C=O) groups is 1. The number of hydrogen-bond donors (Lipinski definition) is 0. The van der Waals surface area contributed by atoms with Crippen molar-refractivity contribution < 1.29 is 18.3 Å². The fraction of sp³-hybridized carbons (Fsp3) is 0.238. The second-order valence-electron chi connectivity index (χ2n) is 6.71. The van der Waals surface area contributed by atoms with Gasteiger partial charge in [-0.25, -0.2) is 9.37 Å². The molecule has 0 saturated carbocycles. The number of para-hydroxylation sites is 2. The molecule has 10 heteroatoms. The first kappa shape index (κ1) is 21.3. The Kier molecular flexibility index (Phi) is 6.47. The number of rotatable bonds is 8. The highest BCUT2D eigenvalue weighted by Gasteiger charge is 2.19. The van der Waals surface area contributed by atoms with Gasteiger partial charge in [-0.2, -0.15) is 0 Å². The van der Waals surface area contributed by atoms with Crippen molar-refractivity contribution in [3.63, 3.8) is 0 Å². The standard InChI is InChI=1S/C21H19FN4O3S2/c1-13(28-16-9-5-3-7-14(16)22)20-24-25-21(29-20)30-12-19(27)26(2)11-18-23-15-8-4-6-10-17(15)31-18/h3-10,13H,11-12H2,1-2H3/t13-/m0/s1. The molecule has 0 N–H and O–H groups in total. The van der Waals surface area contributed by atoms with Crippen LogP contribution < -0.4 is 4.74 Å². The molecule has 7 nitrogen and oxygen atoms in total. The summed E-state index contributed by atoms with van der Waals surface area (Å²) in [6.07, 6.45) is -0.629. The third-order valence-electron chi connectivity index (χ3n) is 4.37. The van der Waals surface area contributed by atoms with Crippen LogP contribution >= 0.6 is 23.1 Å². The number of hydrogen-bond acceptors (Lipinski definition) is 8. The highest BCUT2D eigenvalue weighted by Crippen LogP contribution is 2.26. The van der Waals surface area contributed by atoms with E-state index in [9.17, 15) is 9.18 Å². The number of carbonyl (C=O) groups excluding carboxylic acids is 1. The number of ether oxygens (including phenoxy) is 1. The summed E-state index contributed by atoms with van der Waals surface area (Å²) in [5.74, 6) is -0.0917.